The third-order valence-electron chi connectivity index (χ3n) is 3.87. The van der Waals surface area contributed by atoms with E-state index in [1.165, 1.54) is 10.7 Å². The molecule has 1 aromatic rings. The molecule has 6 heteroatoms. The van der Waals surface area contributed by atoms with E-state index < -0.39 is 0 Å². The molecule has 0 N–H and O–H groups in total. The van der Waals surface area contributed by atoms with E-state index in [4.69, 9.17) is 4.74 Å². The first-order chi connectivity index (χ1) is 10.1. The fourth-order valence-electron chi connectivity index (χ4n) is 2.53. The van der Waals surface area contributed by atoms with E-state index in [1.807, 2.05) is 13.8 Å². The number of rotatable bonds is 6. The lowest BCUT2D eigenvalue weighted by Crippen LogP contribution is -2.51. The average Bonchev–Trinajstić information content (AvgIpc) is 2.95. The Hall–Kier alpha value is -0.980. The van der Waals surface area contributed by atoms with E-state index in [-0.39, 0.29) is 12.0 Å². The Morgan fingerprint density at radius 1 is 1.38 bits per heavy atom. The minimum absolute atomic E-state index is 0.113. The molecule has 1 aliphatic heterocycles. The number of aromatic nitrogens is 1. The standard InChI is InChI=1S/C15H25N3O2S/c1-4-14-16-13(11-21-14)10-17-6-8-18(9-7-17)12(3)15(19)20-5-2/h11-12H,4-10H2,1-3H3. The van der Waals surface area contributed by atoms with Crippen LogP contribution < -0.4 is 0 Å². The Morgan fingerprint density at radius 3 is 2.67 bits per heavy atom. The Kier molecular flexibility index (Phi) is 6.14. The van der Waals surface area contributed by atoms with Crippen LogP contribution in [-0.4, -0.2) is 59.6 Å². The van der Waals surface area contributed by atoms with Crippen molar-refractivity contribution in [3.63, 3.8) is 0 Å². The second-order valence-electron chi connectivity index (χ2n) is 5.33. The number of nitrogens with zero attached hydrogens (tertiary/aromatic N) is 3. The highest BCUT2D eigenvalue weighted by Crippen LogP contribution is 2.14. The molecule has 1 fully saturated rings. The number of ether oxygens (including phenoxy) is 1. The van der Waals surface area contributed by atoms with Gasteiger partial charge in [-0.1, -0.05) is 6.92 Å². The van der Waals surface area contributed by atoms with Gasteiger partial charge in [-0.2, -0.15) is 0 Å². The van der Waals surface area contributed by atoms with E-state index in [0.717, 1.165) is 39.1 Å². The topological polar surface area (TPSA) is 45.7 Å². The quantitative estimate of drug-likeness (QED) is 0.749. The van der Waals surface area contributed by atoms with Crippen LogP contribution in [0, 0.1) is 0 Å². The van der Waals surface area contributed by atoms with Crippen molar-refractivity contribution in [1.29, 1.82) is 0 Å². The molecule has 0 radical (unpaired) electrons. The average molecular weight is 311 g/mol. The van der Waals surface area contributed by atoms with Crippen LogP contribution in [0.4, 0.5) is 0 Å². The minimum atomic E-state index is -0.141. The van der Waals surface area contributed by atoms with Gasteiger partial charge in [0.15, 0.2) is 0 Å². The van der Waals surface area contributed by atoms with Gasteiger partial charge in [-0.25, -0.2) is 4.98 Å². The zero-order chi connectivity index (χ0) is 15.2. The van der Waals surface area contributed by atoms with Crippen LogP contribution in [0.25, 0.3) is 0 Å². The molecule has 0 bridgehead atoms. The molecule has 118 valence electrons. The molecule has 1 unspecified atom stereocenters. The summed E-state index contributed by atoms with van der Waals surface area (Å²) in [7, 11) is 0. The summed E-state index contributed by atoms with van der Waals surface area (Å²) in [6, 6.07) is -0.141. The van der Waals surface area contributed by atoms with Crippen molar-refractivity contribution < 1.29 is 9.53 Å². The fourth-order valence-corrected chi connectivity index (χ4v) is 3.27. The molecule has 2 heterocycles. The van der Waals surface area contributed by atoms with E-state index >= 15 is 0 Å². The van der Waals surface area contributed by atoms with Crippen molar-refractivity contribution in [1.82, 2.24) is 14.8 Å². The number of carbonyl (C=O) groups is 1. The molecular weight excluding hydrogens is 286 g/mol. The number of hydrogen-bond acceptors (Lipinski definition) is 6. The van der Waals surface area contributed by atoms with Gasteiger partial charge in [0, 0.05) is 38.1 Å². The van der Waals surface area contributed by atoms with Crippen LogP contribution in [-0.2, 0) is 22.5 Å². The van der Waals surface area contributed by atoms with E-state index in [1.54, 1.807) is 11.3 Å². The van der Waals surface area contributed by atoms with Crippen molar-refractivity contribution in [2.75, 3.05) is 32.8 Å². The summed E-state index contributed by atoms with van der Waals surface area (Å²) >= 11 is 1.74. The Morgan fingerprint density at radius 2 is 2.10 bits per heavy atom. The Balaban J connectivity index is 1.78. The van der Waals surface area contributed by atoms with Crippen molar-refractivity contribution in [3.05, 3.63) is 16.1 Å². The van der Waals surface area contributed by atoms with Crippen molar-refractivity contribution in [2.24, 2.45) is 0 Å². The van der Waals surface area contributed by atoms with Crippen LogP contribution in [0.3, 0.4) is 0 Å². The molecule has 1 aliphatic rings. The molecular formula is C15H25N3O2S. The highest BCUT2D eigenvalue weighted by atomic mass is 32.1. The van der Waals surface area contributed by atoms with E-state index in [0.29, 0.717) is 6.61 Å². The van der Waals surface area contributed by atoms with Crippen LogP contribution in [0.2, 0.25) is 0 Å². The predicted octanol–water partition coefficient (Wildman–Crippen LogP) is 1.77. The maximum absolute atomic E-state index is 11.8. The van der Waals surface area contributed by atoms with E-state index in [2.05, 4.69) is 27.1 Å². The first-order valence-corrected chi connectivity index (χ1v) is 8.58. The molecule has 1 aromatic heterocycles. The van der Waals surface area contributed by atoms with Gasteiger partial charge in [-0.15, -0.1) is 11.3 Å². The molecule has 0 amide bonds. The highest BCUT2D eigenvalue weighted by Gasteiger charge is 2.26. The molecule has 0 saturated carbocycles. The predicted molar refractivity (Wildman–Crippen MR) is 84.4 cm³/mol. The first-order valence-electron chi connectivity index (χ1n) is 7.70. The minimum Gasteiger partial charge on any atom is -0.465 e. The summed E-state index contributed by atoms with van der Waals surface area (Å²) in [5.74, 6) is -0.113. The summed E-state index contributed by atoms with van der Waals surface area (Å²) in [4.78, 5) is 21.0. The molecule has 0 spiro atoms. The maximum Gasteiger partial charge on any atom is 0.323 e. The van der Waals surface area contributed by atoms with Crippen LogP contribution in [0.5, 0.6) is 0 Å². The SMILES string of the molecule is CCOC(=O)C(C)N1CCN(Cc2csc(CC)n2)CC1. The summed E-state index contributed by atoms with van der Waals surface area (Å²) < 4.78 is 5.09. The third kappa shape index (κ3) is 4.49. The van der Waals surface area contributed by atoms with Crippen molar-refractivity contribution >= 4 is 17.3 Å². The van der Waals surface area contributed by atoms with Crippen LogP contribution in [0.15, 0.2) is 5.38 Å². The molecule has 21 heavy (non-hydrogen) atoms. The fraction of sp³-hybridized carbons (Fsp3) is 0.733. The Labute approximate surface area is 130 Å². The van der Waals surface area contributed by atoms with Gasteiger partial charge >= 0.3 is 5.97 Å². The van der Waals surface area contributed by atoms with Crippen LogP contribution in [0.1, 0.15) is 31.5 Å². The van der Waals surface area contributed by atoms with Gasteiger partial charge in [0.25, 0.3) is 0 Å². The largest absolute Gasteiger partial charge is 0.465 e. The first kappa shape index (κ1) is 16.4. The second-order valence-corrected chi connectivity index (χ2v) is 6.27. The molecule has 1 atom stereocenters. The normalized spacial score (nSPS) is 18.6. The molecule has 5 nitrogen and oxygen atoms in total. The molecule has 0 aromatic carbocycles. The van der Waals surface area contributed by atoms with Gasteiger partial charge in [-0.3, -0.25) is 14.6 Å². The lowest BCUT2D eigenvalue weighted by Gasteiger charge is -2.36. The van der Waals surface area contributed by atoms with Crippen molar-refractivity contribution in [2.45, 2.75) is 39.8 Å². The monoisotopic (exact) mass is 311 g/mol. The summed E-state index contributed by atoms with van der Waals surface area (Å²) in [5.41, 5.74) is 1.17. The number of carbonyl (C=O) groups excluding carboxylic acids is 1. The lowest BCUT2D eigenvalue weighted by molar-refractivity contribution is -0.149. The smallest absolute Gasteiger partial charge is 0.323 e. The zero-order valence-corrected chi connectivity index (χ0v) is 14.0. The number of hydrogen-bond donors (Lipinski definition) is 0. The summed E-state index contributed by atoms with van der Waals surface area (Å²) in [6.07, 6.45) is 1.01. The van der Waals surface area contributed by atoms with Gasteiger partial charge in [0.2, 0.25) is 0 Å². The number of aryl methyl sites for hydroxylation is 1. The number of piperazine rings is 1. The molecule has 1 saturated heterocycles. The van der Waals surface area contributed by atoms with Gasteiger partial charge in [0.05, 0.1) is 17.3 Å². The van der Waals surface area contributed by atoms with Crippen LogP contribution >= 0.6 is 11.3 Å². The highest BCUT2D eigenvalue weighted by molar-refractivity contribution is 7.09. The molecule has 0 aliphatic carbocycles. The van der Waals surface area contributed by atoms with E-state index in [9.17, 15) is 4.79 Å². The zero-order valence-electron chi connectivity index (χ0n) is 13.2. The second kappa shape index (κ2) is 7.87. The number of thiazole rings is 1. The summed E-state index contributed by atoms with van der Waals surface area (Å²) in [5, 5.41) is 3.37. The lowest BCUT2D eigenvalue weighted by atomic mass is 10.2. The van der Waals surface area contributed by atoms with Crippen molar-refractivity contribution in [3.8, 4) is 0 Å². The van der Waals surface area contributed by atoms with Gasteiger partial charge in [0.1, 0.15) is 6.04 Å². The summed E-state index contributed by atoms with van der Waals surface area (Å²) in [6.45, 7) is 11.0. The van der Waals surface area contributed by atoms with Gasteiger partial charge < -0.3 is 4.74 Å². The maximum atomic E-state index is 11.8. The van der Waals surface area contributed by atoms with Gasteiger partial charge in [-0.05, 0) is 20.3 Å². The number of esters is 1. The molecule has 2 rings (SSSR count). The third-order valence-corrected chi connectivity index (χ3v) is 4.91. The Bertz CT molecular complexity index is 456.